The highest BCUT2D eigenvalue weighted by Crippen LogP contribution is 2.24. The van der Waals surface area contributed by atoms with Crippen molar-refractivity contribution in [2.75, 3.05) is 0 Å². The molecule has 0 saturated carbocycles. The first-order valence-electron chi connectivity index (χ1n) is 5.66. The highest BCUT2D eigenvalue weighted by Gasteiger charge is 2.18. The third-order valence-electron chi connectivity index (χ3n) is 2.80. The van der Waals surface area contributed by atoms with Gasteiger partial charge in [0.2, 0.25) is 5.78 Å². The fraction of sp³-hybridized carbons (Fsp3) is 0.0714. The second kappa shape index (κ2) is 4.59. The molecule has 0 fully saturated rings. The maximum atomic E-state index is 12.3. The summed E-state index contributed by atoms with van der Waals surface area (Å²) in [4.78, 5) is 20.4. The summed E-state index contributed by atoms with van der Waals surface area (Å²) in [5, 5.41) is 0.874. The van der Waals surface area contributed by atoms with E-state index in [1.807, 2.05) is 18.2 Å². The van der Waals surface area contributed by atoms with Gasteiger partial charge < -0.3 is 4.42 Å². The minimum absolute atomic E-state index is 0.252. The van der Waals surface area contributed by atoms with E-state index in [0.717, 1.165) is 9.86 Å². The lowest BCUT2D eigenvalue weighted by Gasteiger charge is -1.99. The minimum atomic E-state index is -0.252. The first kappa shape index (κ1) is 12.0. The fourth-order valence-electron chi connectivity index (χ4n) is 1.87. The lowest BCUT2D eigenvalue weighted by atomic mass is 10.1. The zero-order valence-electron chi connectivity index (χ0n) is 10.1. The smallest absolute Gasteiger partial charge is 0.248 e. The van der Waals surface area contributed by atoms with Crippen molar-refractivity contribution in [1.29, 1.82) is 0 Å². The van der Waals surface area contributed by atoms with E-state index in [9.17, 15) is 4.79 Å². The number of rotatable bonds is 2. The summed E-state index contributed by atoms with van der Waals surface area (Å²) in [7, 11) is 0. The van der Waals surface area contributed by atoms with Crippen LogP contribution >= 0.6 is 15.9 Å². The Labute approximate surface area is 117 Å². The molecule has 3 aromatic rings. The Bertz CT molecular complexity index is 780. The number of carbonyl (C=O) groups excluding carboxylic acids is 1. The van der Waals surface area contributed by atoms with E-state index < -0.39 is 0 Å². The van der Waals surface area contributed by atoms with Gasteiger partial charge in [-0.15, -0.1) is 0 Å². The summed E-state index contributed by atoms with van der Waals surface area (Å²) < 4.78 is 6.50. The maximum Gasteiger partial charge on any atom is 0.248 e. The predicted octanol–water partition coefficient (Wildman–Crippen LogP) is 3.52. The number of hydrogen-bond donors (Lipinski definition) is 0. The molecule has 94 valence electrons. The van der Waals surface area contributed by atoms with Crippen molar-refractivity contribution in [3.8, 4) is 0 Å². The molecule has 2 heterocycles. The normalized spacial score (nSPS) is 10.8. The molecule has 4 nitrogen and oxygen atoms in total. The topological polar surface area (TPSA) is 56.0 Å². The third kappa shape index (κ3) is 2.17. The average Bonchev–Trinajstić information content (AvgIpc) is 2.81. The largest absolute Gasteiger partial charge is 0.453 e. The molecular formula is C14H9BrN2O2. The van der Waals surface area contributed by atoms with Crippen LogP contribution in [0.15, 0.2) is 45.5 Å². The molecule has 1 aromatic carbocycles. The number of fused-ring (bicyclic) bond motifs is 1. The van der Waals surface area contributed by atoms with Crippen molar-refractivity contribution in [3.05, 3.63) is 58.3 Å². The molecular weight excluding hydrogens is 308 g/mol. The Balaban J connectivity index is 2.09. The number of aromatic nitrogens is 2. The second-order valence-corrected chi connectivity index (χ2v) is 5.03. The van der Waals surface area contributed by atoms with Crippen molar-refractivity contribution < 1.29 is 9.21 Å². The van der Waals surface area contributed by atoms with Crippen molar-refractivity contribution >= 4 is 32.7 Å². The van der Waals surface area contributed by atoms with Gasteiger partial charge in [0.1, 0.15) is 11.3 Å². The van der Waals surface area contributed by atoms with E-state index in [0.29, 0.717) is 17.0 Å². The number of carbonyl (C=O) groups is 1. The molecule has 0 atom stereocenters. The van der Waals surface area contributed by atoms with E-state index in [4.69, 9.17) is 4.42 Å². The van der Waals surface area contributed by atoms with Crippen molar-refractivity contribution in [2.45, 2.75) is 6.92 Å². The molecule has 2 aromatic heterocycles. The number of benzene rings is 1. The fourth-order valence-corrected chi connectivity index (χ4v) is 2.25. The second-order valence-electron chi connectivity index (χ2n) is 4.11. The molecule has 0 aliphatic rings. The van der Waals surface area contributed by atoms with Crippen LogP contribution in [0.4, 0.5) is 0 Å². The van der Waals surface area contributed by atoms with Crippen LogP contribution in [0.25, 0.3) is 11.0 Å². The van der Waals surface area contributed by atoms with E-state index >= 15 is 0 Å². The van der Waals surface area contributed by atoms with Gasteiger partial charge in [-0.3, -0.25) is 9.78 Å². The zero-order valence-corrected chi connectivity index (χ0v) is 11.6. The van der Waals surface area contributed by atoms with Crippen molar-refractivity contribution in [2.24, 2.45) is 0 Å². The van der Waals surface area contributed by atoms with Crippen LogP contribution in [-0.4, -0.2) is 15.8 Å². The van der Waals surface area contributed by atoms with Gasteiger partial charge in [0.15, 0.2) is 5.76 Å². The Morgan fingerprint density at radius 2 is 2.00 bits per heavy atom. The number of nitrogens with zero attached hydrogens (tertiary/aromatic N) is 2. The van der Waals surface area contributed by atoms with E-state index in [-0.39, 0.29) is 11.5 Å². The van der Waals surface area contributed by atoms with Gasteiger partial charge in [-0.25, -0.2) is 4.98 Å². The van der Waals surface area contributed by atoms with Gasteiger partial charge in [0.25, 0.3) is 0 Å². The predicted molar refractivity (Wildman–Crippen MR) is 74.1 cm³/mol. The molecule has 0 bridgehead atoms. The maximum absolute atomic E-state index is 12.3. The minimum Gasteiger partial charge on any atom is -0.453 e. The number of halogens is 1. The Morgan fingerprint density at radius 1 is 1.21 bits per heavy atom. The first-order valence-corrected chi connectivity index (χ1v) is 6.46. The molecule has 0 aliphatic heterocycles. The third-order valence-corrected chi connectivity index (χ3v) is 3.29. The molecule has 0 N–H and O–H groups in total. The Kier molecular flexibility index (Phi) is 2.91. The SMILES string of the molecule is Cc1nccnc1C(=O)c1cc2cc(Br)ccc2o1. The van der Waals surface area contributed by atoms with Crippen LogP contribution in [0, 0.1) is 6.92 Å². The monoisotopic (exact) mass is 316 g/mol. The van der Waals surface area contributed by atoms with E-state index in [1.165, 1.54) is 6.20 Å². The van der Waals surface area contributed by atoms with Crippen LogP contribution < -0.4 is 0 Å². The molecule has 3 rings (SSSR count). The van der Waals surface area contributed by atoms with Gasteiger partial charge >= 0.3 is 0 Å². The lowest BCUT2D eigenvalue weighted by Crippen LogP contribution is -2.06. The van der Waals surface area contributed by atoms with Gasteiger partial charge in [-0.05, 0) is 31.2 Å². The lowest BCUT2D eigenvalue weighted by molar-refractivity contribution is 0.101. The van der Waals surface area contributed by atoms with Crippen LogP contribution in [-0.2, 0) is 0 Å². The molecule has 19 heavy (non-hydrogen) atoms. The number of ketones is 1. The van der Waals surface area contributed by atoms with Gasteiger partial charge in [-0.2, -0.15) is 0 Å². The zero-order chi connectivity index (χ0) is 13.4. The number of aryl methyl sites for hydroxylation is 1. The first-order chi connectivity index (χ1) is 9.15. The highest BCUT2D eigenvalue weighted by atomic mass is 79.9. The van der Waals surface area contributed by atoms with Gasteiger partial charge in [0, 0.05) is 22.3 Å². The molecule has 0 saturated heterocycles. The molecule has 5 heteroatoms. The van der Waals surface area contributed by atoms with Crippen LogP contribution in [0.1, 0.15) is 21.9 Å². The Morgan fingerprint density at radius 3 is 2.79 bits per heavy atom. The van der Waals surface area contributed by atoms with Crippen molar-refractivity contribution in [3.63, 3.8) is 0 Å². The highest BCUT2D eigenvalue weighted by molar-refractivity contribution is 9.10. The van der Waals surface area contributed by atoms with Crippen LogP contribution in [0.2, 0.25) is 0 Å². The summed E-state index contributed by atoms with van der Waals surface area (Å²) in [5.74, 6) is 0.0228. The molecule has 0 spiro atoms. The standard InChI is InChI=1S/C14H9BrN2O2/c1-8-13(17-5-4-16-8)14(18)12-7-9-6-10(15)2-3-11(9)19-12/h2-7H,1H3. The molecule has 0 aliphatic carbocycles. The summed E-state index contributed by atoms with van der Waals surface area (Å²) in [6, 6.07) is 7.31. The van der Waals surface area contributed by atoms with Crippen LogP contribution in [0.5, 0.6) is 0 Å². The van der Waals surface area contributed by atoms with E-state index in [1.54, 1.807) is 19.2 Å². The van der Waals surface area contributed by atoms with Crippen LogP contribution in [0.3, 0.4) is 0 Å². The summed E-state index contributed by atoms with van der Waals surface area (Å²) >= 11 is 3.39. The number of furan rings is 1. The summed E-state index contributed by atoms with van der Waals surface area (Å²) in [6.45, 7) is 1.75. The molecule has 0 amide bonds. The quantitative estimate of drug-likeness (QED) is 0.679. The average molecular weight is 317 g/mol. The molecule has 0 unspecified atom stereocenters. The summed E-state index contributed by atoms with van der Waals surface area (Å²) in [6.07, 6.45) is 3.06. The summed E-state index contributed by atoms with van der Waals surface area (Å²) in [5.41, 5.74) is 1.59. The van der Waals surface area contributed by atoms with E-state index in [2.05, 4.69) is 25.9 Å². The number of hydrogen-bond acceptors (Lipinski definition) is 4. The molecule has 0 radical (unpaired) electrons. The van der Waals surface area contributed by atoms with Gasteiger partial charge in [0.05, 0.1) is 5.69 Å². The van der Waals surface area contributed by atoms with Crippen molar-refractivity contribution in [1.82, 2.24) is 9.97 Å². The van der Waals surface area contributed by atoms with Gasteiger partial charge in [-0.1, -0.05) is 15.9 Å². The Hall–Kier alpha value is -2.01.